The number of sulfonamides is 2. The number of rotatable bonds is 9. The molecule has 0 aromatic heterocycles. The van der Waals surface area contributed by atoms with Crippen molar-refractivity contribution in [2.75, 3.05) is 36.3 Å². The monoisotopic (exact) mass is 651 g/mol. The number of hydrogen-bond acceptors (Lipinski definition) is 8. The topological polar surface area (TPSA) is 148 Å². The van der Waals surface area contributed by atoms with Gasteiger partial charge in [-0.05, 0) is 73.7 Å². The smallest absolute Gasteiger partial charge is 0.338 e. The summed E-state index contributed by atoms with van der Waals surface area (Å²) in [5, 5.41) is 2.56. The van der Waals surface area contributed by atoms with E-state index >= 15 is 0 Å². The van der Waals surface area contributed by atoms with E-state index in [1.807, 2.05) is 0 Å². The maximum Gasteiger partial charge on any atom is 0.338 e. The van der Waals surface area contributed by atoms with Crippen LogP contribution in [0.25, 0.3) is 0 Å². The Labute approximate surface area is 240 Å². The van der Waals surface area contributed by atoms with Crippen molar-refractivity contribution in [3.05, 3.63) is 82.8 Å². The minimum Gasteiger partial charge on any atom is -0.449 e. The highest BCUT2D eigenvalue weighted by Crippen LogP contribution is 2.22. The molecule has 1 unspecified atom stereocenters. The minimum atomic E-state index is -3.83. The van der Waals surface area contributed by atoms with E-state index in [0.29, 0.717) is 13.2 Å². The van der Waals surface area contributed by atoms with Gasteiger partial charge in [-0.25, -0.2) is 21.6 Å². The van der Waals surface area contributed by atoms with E-state index in [2.05, 4.69) is 26.0 Å². The van der Waals surface area contributed by atoms with Crippen molar-refractivity contribution in [2.45, 2.75) is 22.8 Å². The molecule has 40 heavy (non-hydrogen) atoms. The van der Waals surface area contributed by atoms with Crippen LogP contribution >= 0.6 is 15.9 Å². The first-order chi connectivity index (χ1) is 19.0. The molecule has 1 heterocycles. The second-order valence-electron chi connectivity index (χ2n) is 8.72. The predicted molar refractivity (Wildman–Crippen MR) is 151 cm³/mol. The van der Waals surface area contributed by atoms with E-state index in [9.17, 15) is 26.4 Å². The fraction of sp³-hybridized carbons (Fsp3) is 0.231. The normalized spacial score (nSPS) is 15.2. The van der Waals surface area contributed by atoms with Gasteiger partial charge in [0, 0.05) is 28.9 Å². The number of carbonyl (C=O) groups excluding carboxylic acids is 2. The van der Waals surface area contributed by atoms with Crippen LogP contribution in [-0.2, 0) is 34.3 Å². The number of benzene rings is 3. The van der Waals surface area contributed by atoms with E-state index < -0.39 is 38.0 Å². The van der Waals surface area contributed by atoms with Crippen LogP contribution < -0.4 is 10.0 Å². The number of halogens is 1. The number of nitrogens with one attached hydrogen (secondary N) is 2. The summed E-state index contributed by atoms with van der Waals surface area (Å²) in [6.45, 7) is 2.47. The van der Waals surface area contributed by atoms with Crippen LogP contribution in [0.5, 0.6) is 0 Å². The number of anilines is 2. The first-order valence-corrected chi connectivity index (χ1v) is 15.8. The van der Waals surface area contributed by atoms with Crippen LogP contribution in [0, 0.1) is 0 Å². The molecule has 11 nitrogen and oxygen atoms in total. The largest absolute Gasteiger partial charge is 0.449 e. The van der Waals surface area contributed by atoms with Gasteiger partial charge >= 0.3 is 5.97 Å². The van der Waals surface area contributed by atoms with Crippen molar-refractivity contribution in [1.29, 1.82) is 0 Å². The molecule has 1 atom stereocenters. The molecule has 212 valence electrons. The van der Waals surface area contributed by atoms with Crippen LogP contribution in [0.2, 0.25) is 0 Å². The number of carbonyl (C=O) groups is 2. The molecular weight excluding hydrogens is 626 g/mol. The molecule has 14 heteroatoms. The van der Waals surface area contributed by atoms with Gasteiger partial charge in [-0.2, -0.15) is 4.31 Å². The Kier molecular flexibility index (Phi) is 9.26. The molecule has 3 aromatic rings. The van der Waals surface area contributed by atoms with Crippen molar-refractivity contribution < 1.29 is 35.9 Å². The van der Waals surface area contributed by atoms with Crippen molar-refractivity contribution in [1.82, 2.24) is 4.31 Å². The second-order valence-corrected chi connectivity index (χ2v) is 13.3. The van der Waals surface area contributed by atoms with Crippen LogP contribution in [0.15, 0.2) is 87.1 Å². The Balaban J connectivity index is 1.35. The van der Waals surface area contributed by atoms with E-state index in [-0.39, 0.29) is 39.8 Å². The van der Waals surface area contributed by atoms with E-state index in [4.69, 9.17) is 9.47 Å². The Morgan fingerprint density at radius 2 is 1.55 bits per heavy atom. The SMILES string of the molecule is CC(OC(=O)c1ccc(NS(=O)(=O)c2ccc(Br)cc2)cc1)C(=O)Nc1cccc(S(=O)(=O)N2CCOCC2)c1. The lowest BCUT2D eigenvalue weighted by atomic mass is 10.2. The van der Waals surface area contributed by atoms with Gasteiger partial charge in [0.25, 0.3) is 15.9 Å². The van der Waals surface area contributed by atoms with Crippen LogP contribution in [-0.4, -0.2) is 65.4 Å². The lowest BCUT2D eigenvalue weighted by molar-refractivity contribution is -0.123. The fourth-order valence-electron chi connectivity index (χ4n) is 3.70. The molecule has 1 aliphatic rings. The fourth-order valence-corrected chi connectivity index (χ4v) is 6.48. The summed E-state index contributed by atoms with van der Waals surface area (Å²) in [6, 6.07) is 17.5. The van der Waals surface area contributed by atoms with Gasteiger partial charge in [0.2, 0.25) is 10.0 Å². The van der Waals surface area contributed by atoms with Crippen molar-refractivity contribution in [3.8, 4) is 0 Å². The molecule has 4 rings (SSSR count). The van der Waals surface area contributed by atoms with E-state index in [1.54, 1.807) is 12.1 Å². The average molecular weight is 653 g/mol. The molecule has 0 bridgehead atoms. The molecule has 1 aliphatic heterocycles. The Morgan fingerprint density at radius 3 is 2.20 bits per heavy atom. The van der Waals surface area contributed by atoms with Gasteiger partial charge in [-0.15, -0.1) is 0 Å². The number of hydrogen-bond donors (Lipinski definition) is 2. The summed E-state index contributed by atoms with van der Waals surface area (Å²) in [6.07, 6.45) is -1.21. The summed E-state index contributed by atoms with van der Waals surface area (Å²) in [4.78, 5) is 25.3. The summed E-state index contributed by atoms with van der Waals surface area (Å²) in [7, 11) is -7.58. The summed E-state index contributed by atoms with van der Waals surface area (Å²) < 4.78 is 65.8. The highest BCUT2D eigenvalue weighted by molar-refractivity contribution is 9.10. The number of morpholine rings is 1. The molecule has 3 aromatic carbocycles. The third-order valence-electron chi connectivity index (χ3n) is 5.86. The van der Waals surface area contributed by atoms with Gasteiger partial charge < -0.3 is 14.8 Å². The lowest BCUT2D eigenvalue weighted by Gasteiger charge is -2.26. The third kappa shape index (κ3) is 7.26. The number of nitrogens with zero attached hydrogens (tertiary/aromatic N) is 1. The Hall–Kier alpha value is -3.30. The van der Waals surface area contributed by atoms with Gasteiger partial charge in [-0.1, -0.05) is 22.0 Å². The number of amides is 1. The average Bonchev–Trinajstić information content (AvgIpc) is 2.94. The molecule has 0 spiro atoms. The van der Waals surface area contributed by atoms with Crippen LogP contribution in [0.4, 0.5) is 11.4 Å². The number of esters is 1. The summed E-state index contributed by atoms with van der Waals surface area (Å²) in [5.41, 5.74) is 0.562. The molecule has 0 radical (unpaired) electrons. The summed E-state index contributed by atoms with van der Waals surface area (Å²) in [5.74, 6) is -1.46. The third-order valence-corrected chi connectivity index (χ3v) is 9.68. The quantitative estimate of drug-likeness (QED) is 0.334. The first-order valence-electron chi connectivity index (χ1n) is 12.0. The highest BCUT2D eigenvalue weighted by atomic mass is 79.9. The van der Waals surface area contributed by atoms with Crippen LogP contribution in [0.1, 0.15) is 17.3 Å². The molecular formula is C26H26BrN3O8S2. The zero-order valence-electron chi connectivity index (χ0n) is 21.2. The molecule has 1 fully saturated rings. The van der Waals surface area contributed by atoms with Crippen LogP contribution in [0.3, 0.4) is 0 Å². The molecule has 0 saturated carbocycles. The Morgan fingerprint density at radius 1 is 0.900 bits per heavy atom. The lowest BCUT2D eigenvalue weighted by Crippen LogP contribution is -2.40. The van der Waals surface area contributed by atoms with Gasteiger partial charge in [-0.3, -0.25) is 9.52 Å². The molecule has 2 N–H and O–H groups in total. The molecule has 1 amide bonds. The minimum absolute atomic E-state index is 0.0210. The number of ether oxygens (including phenoxy) is 2. The van der Waals surface area contributed by atoms with Gasteiger partial charge in [0.15, 0.2) is 6.10 Å². The zero-order valence-corrected chi connectivity index (χ0v) is 24.5. The van der Waals surface area contributed by atoms with Crippen molar-refractivity contribution in [2.24, 2.45) is 0 Å². The molecule has 0 aliphatic carbocycles. The predicted octanol–water partition coefficient (Wildman–Crippen LogP) is 3.45. The van der Waals surface area contributed by atoms with E-state index in [0.717, 1.165) is 4.47 Å². The molecule has 1 saturated heterocycles. The van der Waals surface area contributed by atoms with Gasteiger partial charge in [0.05, 0.1) is 28.6 Å². The second kappa shape index (κ2) is 12.5. The highest BCUT2D eigenvalue weighted by Gasteiger charge is 2.27. The van der Waals surface area contributed by atoms with Crippen molar-refractivity contribution >= 4 is 59.2 Å². The maximum atomic E-state index is 12.9. The zero-order chi connectivity index (χ0) is 28.9. The first kappa shape index (κ1) is 29.7. The summed E-state index contributed by atoms with van der Waals surface area (Å²) >= 11 is 3.26. The van der Waals surface area contributed by atoms with Gasteiger partial charge in [0.1, 0.15) is 0 Å². The maximum absolute atomic E-state index is 12.9. The Bertz CT molecular complexity index is 1590. The standard InChI is InChI=1S/C26H26BrN3O8S2/c1-18(25(31)28-22-3-2-4-24(17-22)40(35,36)30-13-15-37-16-14-30)38-26(32)19-5-9-21(10-6-19)29-39(33,34)23-11-7-20(27)8-12-23/h2-12,17-18,29H,13-16H2,1H3,(H,28,31). The van der Waals surface area contributed by atoms with E-state index in [1.165, 1.54) is 71.9 Å². The van der Waals surface area contributed by atoms with Crippen molar-refractivity contribution in [3.63, 3.8) is 0 Å².